The zero-order valence-electron chi connectivity index (χ0n) is 17.4. The number of nitrogens with zero attached hydrogens (tertiary/aromatic N) is 3. The van der Waals surface area contributed by atoms with Crippen molar-refractivity contribution in [3.8, 4) is 16.9 Å². The fourth-order valence-corrected chi connectivity index (χ4v) is 4.07. The highest BCUT2D eigenvalue weighted by Gasteiger charge is 2.31. The molecule has 2 N–H and O–H groups in total. The molecule has 6 nitrogen and oxygen atoms in total. The number of halogens is 1. The van der Waals surface area contributed by atoms with Gasteiger partial charge in [-0.25, -0.2) is 14.4 Å². The van der Waals surface area contributed by atoms with Crippen molar-refractivity contribution in [2.75, 3.05) is 19.4 Å². The maximum atomic E-state index is 13.2. The number of rotatable bonds is 5. The molecule has 1 aliphatic heterocycles. The van der Waals surface area contributed by atoms with Crippen molar-refractivity contribution < 1.29 is 13.9 Å². The lowest BCUT2D eigenvalue weighted by Gasteiger charge is -2.36. The molecule has 1 saturated heterocycles. The van der Waals surface area contributed by atoms with Crippen LogP contribution >= 0.6 is 0 Å². The molecular formula is C24H25FN4O2. The monoisotopic (exact) mass is 420 g/mol. The SMILES string of the molecule is COc1cccc(-c2cnc(N)nc2C2CCCCN2C(=O)Cc2ccc(F)cc2)c1. The van der Waals surface area contributed by atoms with Crippen molar-refractivity contribution in [2.24, 2.45) is 0 Å². The molecule has 1 amide bonds. The number of benzene rings is 2. The van der Waals surface area contributed by atoms with Gasteiger partial charge in [0.25, 0.3) is 0 Å². The van der Waals surface area contributed by atoms with Crippen LogP contribution in [0.2, 0.25) is 0 Å². The Bertz CT molecular complexity index is 1070. The van der Waals surface area contributed by atoms with Gasteiger partial charge in [0.15, 0.2) is 0 Å². The summed E-state index contributed by atoms with van der Waals surface area (Å²) in [6.45, 7) is 0.645. The highest BCUT2D eigenvalue weighted by molar-refractivity contribution is 5.80. The number of methoxy groups -OCH3 is 1. The van der Waals surface area contributed by atoms with E-state index >= 15 is 0 Å². The van der Waals surface area contributed by atoms with Gasteiger partial charge in [0.1, 0.15) is 11.6 Å². The second-order valence-electron chi connectivity index (χ2n) is 7.66. The van der Waals surface area contributed by atoms with E-state index in [-0.39, 0.29) is 30.1 Å². The molecule has 160 valence electrons. The summed E-state index contributed by atoms with van der Waals surface area (Å²) in [5.74, 6) is 0.586. The van der Waals surface area contributed by atoms with Gasteiger partial charge in [-0.1, -0.05) is 24.3 Å². The second-order valence-corrected chi connectivity index (χ2v) is 7.66. The van der Waals surface area contributed by atoms with Crippen LogP contribution in [-0.4, -0.2) is 34.4 Å². The molecule has 7 heteroatoms. The van der Waals surface area contributed by atoms with E-state index in [4.69, 9.17) is 10.5 Å². The van der Waals surface area contributed by atoms with E-state index < -0.39 is 0 Å². The first-order valence-electron chi connectivity index (χ1n) is 10.4. The minimum Gasteiger partial charge on any atom is -0.497 e. The van der Waals surface area contributed by atoms with Gasteiger partial charge in [-0.15, -0.1) is 0 Å². The number of ether oxygens (including phenoxy) is 1. The Labute approximate surface area is 180 Å². The number of amides is 1. The van der Waals surface area contributed by atoms with Crippen LogP contribution in [0, 0.1) is 5.82 Å². The molecule has 0 saturated carbocycles. The van der Waals surface area contributed by atoms with Gasteiger partial charge >= 0.3 is 0 Å². The summed E-state index contributed by atoms with van der Waals surface area (Å²) >= 11 is 0. The molecule has 4 rings (SSSR count). The normalized spacial score (nSPS) is 16.2. The third kappa shape index (κ3) is 4.66. The second kappa shape index (κ2) is 9.12. The number of likely N-dealkylation sites (tertiary alicyclic amines) is 1. The zero-order chi connectivity index (χ0) is 21.8. The third-order valence-electron chi connectivity index (χ3n) is 5.63. The zero-order valence-corrected chi connectivity index (χ0v) is 17.4. The number of carbonyl (C=O) groups is 1. The first-order valence-corrected chi connectivity index (χ1v) is 10.4. The fourth-order valence-electron chi connectivity index (χ4n) is 4.07. The van der Waals surface area contributed by atoms with Crippen LogP contribution in [-0.2, 0) is 11.2 Å². The lowest BCUT2D eigenvalue weighted by Crippen LogP contribution is -2.40. The van der Waals surface area contributed by atoms with E-state index in [1.54, 1.807) is 25.4 Å². The Balaban J connectivity index is 1.68. The number of hydrogen-bond donors (Lipinski definition) is 1. The number of carbonyl (C=O) groups excluding carboxylic acids is 1. The number of nitrogen functional groups attached to an aromatic ring is 1. The summed E-state index contributed by atoms with van der Waals surface area (Å²) in [7, 11) is 1.62. The predicted octanol–water partition coefficient (Wildman–Crippen LogP) is 4.17. The van der Waals surface area contributed by atoms with Crippen LogP contribution in [0.1, 0.15) is 36.6 Å². The molecule has 0 radical (unpaired) electrons. The third-order valence-corrected chi connectivity index (χ3v) is 5.63. The summed E-state index contributed by atoms with van der Waals surface area (Å²) in [4.78, 5) is 23.8. The molecule has 2 aromatic carbocycles. The Morgan fingerprint density at radius 3 is 2.81 bits per heavy atom. The lowest BCUT2D eigenvalue weighted by atomic mass is 9.93. The van der Waals surface area contributed by atoms with Crippen LogP contribution in [0.15, 0.2) is 54.7 Å². The number of nitrogens with two attached hydrogens (primary N) is 1. The average molecular weight is 420 g/mol. The Hall–Kier alpha value is -3.48. The van der Waals surface area contributed by atoms with Gasteiger partial charge in [0.05, 0.1) is 25.3 Å². The van der Waals surface area contributed by atoms with Crippen LogP contribution in [0.4, 0.5) is 10.3 Å². The van der Waals surface area contributed by atoms with Gasteiger partial charge in [-0.2, -0.15) is 0 Å². The van der Waals surface area contributed by atoms with Gasteiger partial charge in [-0.3, -0.25) is 4.79 Å². The quantitative estimate of drug-likeness (QED) is 0.670. The maximum Gasteiger partial charge on any atom is 0.227 e. The topological polar surface area (TPSA) is 81.3 Å². The number of hydrogen-bond acceptors (Lipinski definition) is 5. The van der Waals surface area contributed by atoms with E-state index in [0.29, 0.717) is 6.54 Å². The van der Waals surface area contributed by atoms with Crippen molar-refractivity contribution in [3.63, 3.8) is 0 Å². The van der Waals surface area contributed by atoms with Crippen LogP contribution in [0.3, 0.4) is 0 Å². The number of piperidine rings is 1. The van der Waals surface area contributed by atoms with Crippen molar-refractivity contribution in [1.29, 1.82) is 0 Å². The standard InChI is InChI=1S/C24H25FN4O2/c1-31-19-6-4-5-17(14-19)20-15-27-24(26)28-23(20)21-7-2-3-12-29(21)22(30)13-16-8-10-18(25)11-9-16/h4-6,8-11,14-15,21H,2-3,7,12-13H2,1H3,(H2,26,27,28). The molecule has 1 aliphatic rings. The van der Waals surface area contributed by atoms with Crippen molar-refractivity contribution in [1.82, 2.24) is 14.9 Å². The molecule has 0 spiro atoms. The molecule has 31 heavy (non-hydrogen) atoms. The summed E-state index contributed by atoms with van der Waals surface area (Å²) in [6, 6.07) is 13.5. The maximum absolute atomic E-state index is 13.2. The van der Waals surface area contributed by atoms with Crippen LogP contribution in [0.5, 0.6) is 5.75 Å². The van der Waals surface area contributed by atoms with Crippen molar-refractivity contribution >= 4 is 11.9 Å². The summed E-state index contributed by atoms with van der Waals surface area (Å²) in [6.07, 6.45) is 4.64. The fraction of sp³-hybridized carbons (Fsp3) is 0.292. The van der Waals surface area contributed by atoms with E-state index in [0.717, 1.165) is 47.4 Å². The van der Waals surface area contributed by atoms with Gasteiger partial charge < -0.3 is 15.4 Å². The molecular weight excluding hydrogens is 395 g/mol. The van der Waals surface area contributed by atoms with E-state index in [9.17, 15) is 9.18 Å². The van der Waals surface area contributed by atoms with Gasteiger partial charge in [0, 0.05) is 18.3 Å². The Morgan fingerprint density at radius 1 is 1.23 bits per heavy atom. The predicted molar refractivity (Wildman–Crippen MR) is 117 cm³/mol. The molecule has 1 fully saturated rings. The van der Waals surface area contributed by atoms with Gasteiger partial charge in [-0.05, 0) is 54.7 Å². The van der Waals surface area contributed by atoms with E-state index in [2.05, 4.69) is 9.97 Å². The number of aromatic nitrogens is 2. The lowest BCUT2D eigenvalue weighted by molar-refractivity contribution is -0.134. The van der Waals surface area contributed by atoms with Crippen molar-refractivity contribution in [2.45, 2.75) is 31.7 Å². The molecule has 1 atom stereocenters. The van der Waals surface area contributed by atoms with Crippen LogP contribution < -0.4 is 10.5 Å². The largest absolute Gasteiger partial charge is 0.497 e. The summed E-state index contributed by atoms with van der Waals surface area (Å²) < 4.78 is 18.6. The molecule has 0 bridgehead atoms. The number of anilines is 1. The van der Waals surface area contributed by atoms with E-state index in [1.807, 2.05) is 29.2 Å². The molecule has 2 heterocycles. The highest BCUT2D eigenvalue weighted by atomic mass is 19.1. The molecule has 0 aliphatic carbocycles. The van der Waals surface area contributed by atoms with Gasteiger partial charge in [0.2, 0.25) is 11.9 Å². The Morgan fingerprint density at radius 2 is 2.03 bits per heavy atom. The summed E-state index contributed by atoms with van der Waals surface area (Å²) in [5.41, 5.74) is 9.21. The summed E-state index contributed by atoms with van der Waals surface area (Å²) in [5, 5.41) is 0. The van der Waals surface area contributed by atoms with E-state index in [1.165, 1.54) is 12.1 Å². The Kier molecular flexibility index (Phi) is 6.11. The smallest absolute Gasteiger partial charge is 0.227 e. The van der Waals surface area contributed by atoms with Crippen molar-refractivity contribution in [3.05, 3.63) is 71.8 Å². The first-order chi connectivity index (χ1) is 15.0. The van der Waals surface area contributed by atoms with Crippen LogP contribution in [0.25, 0.3) is 11.1 Å². The first kappa shape index (κ1) is 20.8. The minimum atomic E-state index is -0.313. The molecule has 1 unspecified atom stereocenters. The molecule has 3 aromatic rings. The molecule has 1 aromatic heterocycles. The minimum absolute atomic E-state index is 0.00918. The average Bonchev–Trinajstić information content (AvgIpc) is 2.80. The highest BCUT2D eigenvalue weighted by Crippen LogP contribution is 2.37.